The number of nitrogens with one attached hydrogen (secondary N) is 1. The van der Waals surface area contributed by atoms with Crippen molar-refractivity contribution in [3.63, 3.8) is 0 Å². The van der Waals surface area contributed by atoms with E-state index in [1.165, 1.54) is 12.1 Å². The van der Waals surface area contributed by atoms with E-state index < -0.39 is 17.6 Å². The Morgan fingerprint density at radius 2 is 1.96 bits per heavy atom. The number of carbonyl (C=O) groups excluding carboxylic acids is 1. The molecule has 0 unspecified atom stereocenters. The van der Waals surface area contributed by atoms with Crippen molar-refractivity contribution in [2.24, 2.45) is 0 Å². The molecule has 25 heavy (non-hydrogen) atoms. The minimum absolute atomic E-state index is 0.0722. The first-order chi connectivity index (χ1) is 11.7. The number of amides is 1. The summed E-state index contributed by atoms with van der Waals surface area (Å²) in [6.45, 7) is 3.46. The van der Waals surface area contributed by atoms with Crippen LogP contribution in [-0.4, -0.2) is 10.9 Å². The average Bonchev–Trinajstić information content (AvgIpc) is 3.12. The van der Waals surface area contributed by atoms with Crippen LogP contribution in [0.2, 0.25) is 0 Å². The molecule has 0 saturated carbocycles. The van der Waals surface area contributed by atoms with Gasteiger partial charge in [-0.15, -0.1) is 11.3 Å². The van der Waals surface area contributed by atoms with Crippen molar-refractivity contribution >= 4 is 22.9 Å². The third kappa shape index (κ3) is 3.74. The molecule has 0 radical (unpaired) electrons. The third-order valence-corrected chi connectivity index (χ3v) is 4.57. The second kappa shape index (κ2) is 6.36. The molecule has 0 atom stereocenters. The quantitative estimate of drug-likeness (QED) is 0.685. The summed E-state index contributed by atoms with van der Waals surface area (Å²) in [7, 11) is 0. The fourth-order valence-corrected chi connectivity index (χ4v) is 3.15. The number of nitrogens with zero attached hydrogens (tertiary/aromatic N) is 1. The van der Waals surface area contributed by atoms with Gasteiger partial charge in [0.25, 0.3) is 5.91 Å². The number of benzene rings is 1. The Morgan fingerprint density at radius 3 is 2.60 bits per heavy atom. The summed E-state index contributed by atoms with van der Waals surface area (Å²) in [4.78, 5) is 17.0. The largest absolute Gasteiger partial charge is 0.459 e. The van der Waals surface area contributed by atoms with Gasteiger partial charge < -0.3 is 9.73 Å². The topological polar surface area (TPSA) is 55.1 Å². The highest BCUT2D eigenvalue weighted by Gasteiger charge is 2.30. The molecule has 130 valence electrons. The maximum absolute atomic E-state index is 12.8. The van der Waals surface area contributed by atoms with Crippen LogP contribution in [-0.2, 0) is 6.18 Å². The van der Waals surface area contributed by atoms with E-state index in [1.807, 2.05) is 0 Å². The van der Waals surface area contributed by atoms with E-state index in [-0.39, 0.29) is 5.69 Å². The standard InChI is InChI=1S/C17H13F3N2O2S/c1-9-6-7-13(24-9)16-21-10(2)14(25-16)15(23)22-12-5-3-4-11(8-12)17(18,19)20/h3-8H,1-2H3,(H,22,23). The molecule has 0 spiro atoms. The number of halogens is 3. The molecule has 3 rings (SSSR count). The van der Waals surface area contributed by atoms with Crippen molar-refractivity contribution < 1.29 is 22.4 Å². The zero-order valence-corrected chi connectivity index (χ0v) is 14.1. The molecule has 2 heterocycles. The van der Waals surface area contributed by atoms with Gasteiger partial charge in [0, 0.05) is 5.69 Å². The van der Waals surface area contributed by atoms with E-state index in [2.05, 4.69) is 10.3 Å². The molecule has 0 aliphatic rings. The smallest absolute Gasteiger partial charge is 0.416 e. The molecule has 3 aromatic rings. The van der Waals surface area contributed by atoms with Gasteiger partial charge >= 0.3 is 6.18 Å². The van der Waals surface area contributed by atoms with Crippen molar-refractivity contribution in [2.75, 3.05) is 5.32 Å². The Labute approximate surface area is 145 Å². The third-order valence-electron chi connectivity index (χ3n) is 3.40. The van der Waals surface area contributed by atoms with Crippen LogP contribution in [0.3, 0.4) is 0 Å². The van der Waals surface area contributed by atoms with Gasteiger partial charge in [0.05, 0.1) is 11.3 Å². The van der Waals surface area contributed by atoms with Crippen LogP contribution in [0.15, 0.2) is 40.8 Å². The van der Waals surface area contributed by atoms with Gasteiger partial charge in [0.15, 0.2) is 10.8 Å². The normalized spacial score (nSPS) is 11.6. The molecule has 1 aromatic carbocycles. The molecule has 0 aliphatic carbocycles. The number of aryl methyl sites for hydroxylation is 2. The highest BCUT2D eigenvalue weighted by atomic mass is 32.1. The van der Waals surface area contributed by atoms with E-state index >= 15 is 0 Å². The second-order valence-electron chi connectivity index (χ2n) is 5.38. The lowest BCUT2D eigenvalue weighted by molar-refractivity contribution is -0.137. The van der Waals surface area contributed by atoms with E-state index in [4.69, 9.17) is 4.42 Å². The van der Waals surface area contributed by atoms with Crippen LogP contribution in [0, 0.1) is 13.8 Å². The Kier molecular flexibility index (Phi) is 4.38. The van der Waals surface area contributed by atoms with Crippen LogP contribution < -0.4 is 5.32 Å². The Bertz CT molecular complexity index is 928. The van der Waals surface area contributed by atoms with E-state index in [0.29, 0.717) is 21.3 Å². The summed E-state index contributed by atoms with van der Waals surface area (Å²) >= 11 is 1.12. The van der Waals surface area contributed by atoms with Gasteiger partial charge in [-0.25, -0.2) is 4.98 Å². The molecule has 8 heteroatoms. The number of anilines is 1. The first-order valence-corrected chi connectivity index (χ1v) is 8.08. The number of aromatic nitrogens is 1. The van der Waals surface area contributed by atoms with Crippen molar-refractivity contribution in [1.29, 1.82) is 0 Å². The van der Waals surface area contributed by atoms with Gasteiger partial charge in [0.2, 0.25) is 0 Å². The van der Waals surface area contributed by atoms with Gasteiger partial charge in [-0.1, -0.05) is 6.07 Å². The molecular formula is C17H13F3N2O2S. The van der Waals surface area contributed by atoms with Crippen molar-refractivity contribution in [3.8, 4) is 10.8 Å². The van der Waals surface area contributed by atoms with Crippen molar-refractivity contribution in [1.82, 2.24) is 4.98 Å². The highest BCUT2D eigenvalue weighted by molar-refractivity contribution is 7.17. The molecule has 1 amide bonds. The monoisotopic (exact) mass is 366 g/mol. The zero-order chi connectivity index (χ0) is 18.2. The number of thiazole rings is 1. The predicted octanol–water partition coefficient (Wildman–Crippen LogP) is 5.29. The highest BCUT2D eigenvalue weighted by Crippen LogP contribution is 2.32. The Balaban J connectivity index is 1.84. The van der Waals surface area contributed by atoms with Gasteiger partial charge in [0.1, 0.15) is 10.6 Å². The number of carbonyl (C=O) groups is 1. The fraction of sp³-hybridized carbons (Fsp3) is 0.176. The molecule has 0 saturated heterocycles. The lowest BCUT2D eigenvalue weighted by Crippen LogP contribution is -2.13. The van der Waals surface area contributed by atoms with Crippen molar-refractivity contribution in [2.45, 2.75) is 20.0 Å². The summed E-state index contributed by atoms with van der Waals surface area (Å²) in [5, 5.41) is 3.02. The van der Waals surface area contributed by atoms with Crippen LogP contribution in [0.5, 0.6) is 0 Å². The number of alkyl halides is 3. The minimum atomic E-state index is -4.47. The molecule has 4 nitrogen and oxygen atoms in total. The van der Waals surface area contributed by atoms with E-state index in [0.717, 1.165) is 29.2 Å². The lowest BCUT2D eigenvalue weighted by atomic mass is 10.2. The lowest BCUT2D eigenvalue weighted by Gasteiger charge is -2.09. The Morgan fingerprint density at radius 1 is 1.20 bits per heavy atom. The summed E-state index contributed by atoms with van der Waals surface area (Å²) in [5.74, 6) is 0.755. The molecule has 0 aliphatic heterocycles. The number of hydrogen-bond donors (Lipinski definition) is 1. The van der Waals surface area contributed by atoms with Gasteiger partial charge in [-0.3, -0.25) is 4.79 Å². The molecule has 0 fully saturated rings. The number of hydrogen-bond acceptors (Lipinski definition) is 4. The molecule has 0 bridgehead atoms. The van der Waals surface area contributed by atoms with Gasteiger partial charge in [-0.05, 0) is 44.2 Å². The number of furan rings is 1. The summed E-state index contributed by atoms with van der Waals surface area (Å²) in [6.07, 6.45) is -4.47. The van der Waals surface area contributed by atoms with Crippen LogP contribution in [0.1, 0.15) is 26.7 Å². The second-order valence-corrected chi connectivity index (χ2v) is 6.38. The molecule has 1 N–H and O–H groups in total. The SMILES string of the molecule is Cc1ccc(-c2nc(C)c(C(=O)Nc3cccc(C(F)(F)F)c3)s2)o1. The summed E-state index contributed by atoms with van der Waals surface area (Å²) < 4.78 is 43.7. The number of rotatable bonds is 3. The van der Waals surface area contributed by atoms with Crippen LogP contribution in [0.25, 0.3) is 10.8 Å². The molecule has 2 aromatic heterocycles. The first kappa shape index (κ1) is 17.2. The van der Waals surface area contributed by atoms with E-state index in [9.17, 15) is 18.0 Å². The maximum atomic E-state index is 12.8. The van der Waals surface area contributed by atoms with Crippen molar-refractivity contribution in [3.05, 3.63) is 58.3 Å². The summed E-state index contributed by atoms with van der Waals surface area (Å²) in [5.41, 5.74) is -0.264. The summed E-state index contributed by atoms with van der Waals surface area (Å²) in [6, 6.07) is 8.03. The minimum Gasteiger partial charge on any atom is -0.459 e. The first-order valence-electron chi connectivity index (χ1n) is 7.27. The van der Waals surface area contributed by atoms with Gasteiger partial charge in [-0.2, -0.15) is 13.2 Å². The van der Waals surface area contributed by atoms with Crippen LogP contribution >= 0.6 is 11.3 Å². The fourth-order valence-electron chi connectivity index (χ4n) is 2.22. The van der Waals surface area contributed by atoms with E-state index in [1.54, 1.807) is 26.0 Å². The maximum Gasteiger partial charge on any atom is 0.416 e. The average molecular weight is 366 g/mol. The van der Waals surface area contributed by atoms with Crippen LogP contribution in [0.4, 0.5) is 18.9 Å². The molecular weight excluding hydrogens is 353 g/mol. The zero-order valence-electron chi connectivity index (χ0n) is 13.3. The Hall–Kier alpha value is -2.61. The predicted molar refractivity (Wildman–Crippen MR) is 88.7 cm³/mol.